The smallest absolute Gasteiger partial charge is 0.220 e. The number of benzene rings is 1. The van der Waals surface area contributed by atoms with Gasteiger partial charge < -0.3 is 10.6 Å². The Bertz CT molecular complexity index is 1240. The lowest BCUT2D eigenvalue weighted by Gasteiger charge is -2.22. The van der Waals surface area contributed by atoms with Gasteiger partial charge in [-0.3, -0.25) is 9.78 Å². The minimum atomic E-state index is -0.271. The van der Waals surface area contributed by atoms with Gasteiger partial charge in [0.25, 0.3) is 0 Å². The third-order valence-corrected chi connectivity index (χ3v) is 5.89. The topological polar surface area (TPSA) is 71.3 Å². The third kappa shape index (κ3) is 4.24. The lowest BCUT2D eigenvalue weighted by atomic mass is 9.97. The number of aromatic nitrogens is 3. The van der Waals surface area contributed by atoms with Gasteiger partial charge in [0.1, 0.15) is 11.5 Å². The number of rotatable bonds is 6. The number of carbonyl (C=O) groups excluding carboxylic acids is 1. The Balaban J connectivity index is 1.44. The highest BCUT2D eigenvalue weighted by molar-refractivity contribution is 5.92. The molecule has 1 amide bonds. The molecule has 32 heavy (non-hydrogen) atoms. The number of hydrogen-bond acceptors (Lipinski definition) is 4. The summed E-state index contributed by atoms with van der Waals surface area (Å²) in [6.07, 6.45) is 7.14. The van der Waals surface area contributed by atoms with Gasteiger partial charge in [-0.2, -0.15) is 5.10 Å². The maximum atomic E-state index is 13.5. The Morgan fingerprint density at radius 1 is 1.06 bits per heavy atom. The van der Waals surface area contributed by atoms with Crippen molar-refractivity contribution in [1.82, 2.24) is 25.2 Å². The molecule has 0 aliphatic carbocycles. The Hall–Kier alpha value is -3.58. The molecule has 7 heteroatoms. The summed E-state index contributed by atoms with van der Waals surface area (Å²) in [6, 6.07) is 14.5. The predicted molar refractivity (Wildman–Crippen MR) is 121 cm³/mol. The number of carbonyl (C=O) groups is 1. The van der Waals surface area contributed by atoms with E-state index in [1.165, 1.54) is 12.1 Å². The first kappa shape index (κ1) is 20.3. The molecule has 2 N–H and O–H groups in total. The van der Waals surface area contributed by atoms with Crippen molar-refractivity contribution in [1.29, 1.82) is 0 Å². The van der Waals surface area contributed by atoms with Gasteiger partial charge in [0.2, 0.25) is 5.91 Å². The molecule has 0 spiro atoms. The lowest BCUT2D eigenvalue weighted by Crippen LogP contribution is -2.37. The molecule has 162 valence electrons. The highest BCUT2D eigenvalue weighted by atomic mass is 19.1. The number of fused-ring (bicyclic) bond motifs is 1. The van der Waals surface area contributed by atoms with Gasteiger partial charge >= 0.3 is 0 Å². The second kappa shape index (κ2) is 8.88. The fraction of sp³-hybridized carbons (Fsp3) is 0.240. The van der Waals surface area contributed by atoms with Crippen molar-refractivity contribution in [3.8, 4) is 22.4 Å². The number of amides is 1. The molecule has 3 aromatic heterocycles. The summed E-state index contributed by atoms with van der Waals surface area (Å²) in [5.74, 6) is 0.241. The van der Waals surface area contributed by atoms with Crippen molar-refractivity contribution in [3.63, 3.8) is 0 Å². The largest absolute Gasteiger partial charge is 0.356 e. The zero-order chi connectivity index (χ0) is 21.9. The molecule has 0 unspecified atom stereocenters. The van der Waals surface area contributed by atoms with Gasteiger partial charge in [-0.05, 0) is 72.5 Å². The summed E-state index contributed by atoms with van der Waals surface area (Å²) < 4.78 is 15.4. The Kier molecular flexibility index (Phi) is 5.64. The van der Waals surface area contributed by atoms with Gasteiger partial charge in [-0.1, -0.05) is 6.07 Å². The number of pyridine rings is 2. The standard InChI is InChI=1S/C25H24FN5O/c26-21-4-2-20(3-5-21)25-24(19-8-10-27-11-9-19)22-6-1-18(16-31(22)30-25)15-28-14-17-7-12-29-23(32)13-17/h1-6,8-11,16-17,28H,7,12-15H2,(H,29,32)/t17-/m1/s1. The minimum Gasteiger partial charge on any atom is -0.356 e. The highest BCUT2D eigenvalue weighted by Gasteiger charge is 2.19. The van der Waals surface area contributed by atoms with Gasteiger partial charge in [-0.15, -0.1) is 0 Å². The molecular weight excluding hydrogens is 405 g/mol. The number of hydrogen-bond donors (Lipinski definition) is 2. The van der Waals surface area contributed by atoms with Gasteiger partial charge in [0.05, 0.1) is 5.52 Å². The Morgan fingerprint density at radius 2 is 1.88 bits per heavy atom. The molecule has 6 nitrogen and oxygen atoms in total. The Morgan fingerprint density at radius 3 is 2.66 bits per heavy atom. The second-order valence-corrected chi connectivity index (χ2v) is 8.17. The van der Waals surface area contributed by atoms with Crippen molar-refractivity contribution < 1.29 is 9.18 Å². The zero-order valence-electron chi connectivity index (χ0n) is 17.6. The molecule has 1 aromatic carbocycles. The summed E-state index contributed by atoms with van der Waals surface area (Å²) in [5, 5.41) is 11.2. The van der Waals surface area contributed by atoms with Crippen LogP contribution in [0, 0.1) is 11.7 Å². The van der Waals surface area contributed by atoms with Crippen LogP contribution < -0.4 is 10.6 Å². The molecule has 1 fully saturated rings. The summed E-state index contributed by atoms with van der Waals surface area (Å²) in [6.45, 7) is 2.27. The summed E-state index contributed by atoms with van der Waals surface area (Å²) in [5.41, 5.74) is 5.74. The van der Waals surface area contributed by atoms with E-state index in [1.54, 1.807) is 24.5 Å². The molecule has 1 aliphatic heterocycles. The molecule has 4 heterocycles. The number of nitrogens with zero attached hydrogens (tertiary/aromatic N) is 3. The van der Waals surface area contributed by atoms with Crippen LogP contribution in [0.2, 0.25) is 0 Å². The van der Waals surface area contributed by atoms with Crippen molar-refractivity contribution in [2.24, 2.45) is 5.92 Å². The molecule has 5 rings (SSSR count). The van der Waals surface area contributed by atoms with Crippen LogP contribution in [0.15, 0.2) is 67.1 Å². The summed E-state index contributed by atoms with van der Waals surface area (Å²) in [7, 11) is 0. The molecule has 1 saturated heterocycles. The highest BCUT2D eigenvalue weighted by Crippen LogP contribution is 2.35. The van der Waals surface area contributed by atoms with Crippen LogP contribution in [-0.4, -0.2) is 33.6 Å². The molecule has 1 atom stereocenters. The molecular formula is C25H24FN5O. The van der Waals surface area contributed by atoms with E-state index in [0.717, 1.165) is 53.0 Å². The van der Waals surface area contributed by atoms with Crippen molar-refractivity contribution in [2.45, 2.75) is 19.4 Å². The van der Waals surface area contributed by atoms with E-state index in [4.69, 9.17) is 5.10 Å². The molecule has 4 aromatic rings. The van der Waals surface area contributed by atoms with Crippen LogP contribution in [0.4, 0.5) is 4.39 Å². The van der Waals surface area contributed by atoms with Crippen LogP contribution in [0.3, 0.4) is 0 Å². The molecule has 0 radical (unpaired) electrons. The predicted octanol–water partition coefficient (Wildman–Crippen LogP) is 3.82. The van der Waals surface area contributed by atoms with Gasteiger partial charge in [-0.25, -0.2) is 8.91 Å². The average Bonchev–Trinajstić information content (AvgIpc) is 3.19. The van der Waals surface area contributed by atoms with Crippen LogP contribution in [0.5, 0.6) is 0 Å². The van der Waals surface area contributed by atoms with Crippen molar-refractivity contribution in [3.05, 3.63) is 78.5 Å². The number of halogens is 1. The van der Waals surface area contributed by atoms with Crippen LogP contribution in [0.1, 0.15) is 18.4 Å². The van der Waals surface area contributed by atoms with E-state index in [2.05, 4.69) is 27.8 Å². The van der Waals surface area contributed by atoms with E-state index in [1.807, 2.05) is 22.8 Å². The average molecular weight is 429 g/mol. The third-order valence-electron chi connectivity index (χ3n) is 5.89. The monoisotopic (exact) mass is 429 g/mol. The van der Waals surface area contributed by atoms with E-state index < -0.39 is 0 Å². The van der Waals surface area contributed by atoms with Crippen molar-refractivity contribution >= 4 is 11.4 Å². The van der Waals surface area contributed by atoms with Crippen molar-refractivity contribution in [2.75, 3.05) is 13.1 Å². The summed E-state index contributed by atoms with van der Waals surface area (Å²) in [4.78, 5) is 15.7. The molecule has 1 aliphatic rings. The van der Waals surface area contributed by atoms with E-state index in [-0.39, 0.29) is 11.7 Å². The van der Waals surface area contributed by atoms with Crippen LogP contribution >= 0.6 is 0 Å². The number of piperidine rings is 1. The van der Waals surface area contributed by atoms with E-state index in [9.17, 15) is 9.18 Å². The minimum absolute atomic E-state index is 0.137. The first-order valence-corrected chi connectivity index (χ1v) is 10.8. The fourth-order valence-electron chi connectivity index (χ4n) is 4.26. The first-order chi connectivity index (χ1) is 15.7. The van der Waals surface area contributed by atoms with Gasteiger partial charge in [0.15, 0.2) is 0 Å². The van der Waals surface area contributed by atoms with E-state index in [0.29, 0.717) is 18.9 Å². The SMILES string of the molecule is O=C1C[C@H](CNCc2ccc3c(-c4ccncc4)c(-c4ccc(F)cc4)nn3c2)CCN1. The molecule has 0 bridgehead atoms. The quantitative estimate of drug-likeness (QED) is 0.489. The maximum absolute atomic E-state index is 13.5. The van der Waals surface area contributed by atoms with E-state index >= 15 is 0 Å². The normalized spacial score (nSPS) is 16.3. The number of nitrogens with one attached hydrogen (secondary N) is 2. The fourth-order valence-corrected chi connectivity index (χ4v) is 4.26. The molecule has 0 saturated carbocycles. The first-order valence-electron chi connectivity index (χ1n) is 10.8. The summed E-state index contributed by atoms with van der Waals surface area (Å²) >= 11 is 0. The lowest BCUT2D eigenvalue weighted by molar-refractivity contribution is -0.123. The van der Waals surface area contributed by atoms with Crippen LogP contribution in [-0.2, 0) is 11.3 Å². The Labute approximate surface area is 185 Å². The second-order valence-electron chi connectivity index (χ2n) is 8.17. The van der Waals surface area contributed by atoms with Crippen LogP contribution in [0.25, 0.3) is 27.9 Å². The maximum Gasteiger partial charge on any atom is 0.220 e. The zero-order valence-corrected chi connectivity index (χ0v) is 17.6. The van der Waals surface area contributed by atoms with Gasteiger partial charge in [0, 0.05) is 49.2 Å².